The van der Waals surface area contributed by atoms with E-state index in [-0.39, 0.29) is 10.9 Å². The zero-order chi connectivity index (χ0) is 16.3. The third-order valence-electron chi connectivity index (χ3n) is 5.15. The zero-order valence-corrected chi connectivity index (χ0v) is 13.8. The highest BCUT2D eigenvalue weighted by Gasteiger charge is 2.56. The van der Waals surface area contributed by atoms with E-state index in [9.17, 15) is 8.42 Å². The molecule has 0 saturated heterocycles. The van der Waals surface area contributed by atoms with Crippen LogP contribution >= 0.6 is 0 Å². The number of benzene rings is 2. The van der Waals surface area contributed by atoms with Crippen molar-refractivity contribution in [1.82, 2.24) is 4.72 Å². The van der Waals surface area contributed by atoms with Crippen molar-refractivity contribution in [2.24, 2.45) is 5.92 Å². The van der Waals surface area contributed by atoms with Gasteiger partial charge in [0.15, 0.2) is 11.5 Å². The van der Waals surface area contributed by atoms with E-state index in [0.29, 0.717) is 36.5 Å². The van der Waals surface area contributed by atoms with Crippen molar-refractivity contribution in [3.05, 3.63) is 53.6 Å². The predicted molar refractivity (Wildman–Crippen MR) is 87.9 cm³/mol. The van der Waals surface area contributed by atoms with Crippen molar-refractivity contribution < 1.29 is 17.9 Å². The van der Waals surface area contributed by atoms with E-state index >= 15 is 0 Å². The standard InChI is InChI=1S/C18H17NO4S/c20-24(21,12-5-6-15-16(10-12)23-8-7-22-15)19-18-14-9-11-3-1-2-4-13(11)17(14)18/h1-6,10,14,17-19H,7-9H2/t14-,17+,18-/m1/s1. The Hall–Kier alpha value is -2.05. The van der Waals surface area contributed by atoms with Gasteiger partial charge in [0.25, 0.3) is 0 Å². The molecule has 124 valence electrons. The van der Waals surface area contributed by atoms with Gasteiger partial charge >= 0.3 is 0 Å². The van der Waals surface area contributed by atoms with Gasteiger partial charge < -0.3 is 9.47 Å². The molecule has 2 aromatic rings. The summed E-state index contributed by atoms with van der Waals surface area (Å²) in [6.07, 6.45) is 0.954. The third kappa shape index (κ3) is 2.13. The number of nitrogens with one attached hydrogen (secondary N) is 1. The van der Waals surface area contributed by atoms with Gasteiger partial charge in [-0.1, -0.05) is 24.3 Å². The summed E-state index contributed by atoms with van der Waals surface area (Å²) in [7, 11) is -3.56. The van der Waals surface area contributed by atoms with Gasteiger partial charge in [-0.05, 0) is 35.6 Å². The van der Waals surface area contributed by atoms with Gasteiger partial charge in [-0.2, -0.15) is 0 Å². The summed E-state index contributed by atoms with van der Waals surface area (Å²) in [5, 5.41) is 0. The molecule has 1 fully saturated rings. The van der Waals surface area contributed by atoms with Gasteiger partial charge in [-0.3, -0.25) is 0 Å². The lowest BCUT2D eigenvalue weighted by molar-refractivity contribution is 0.171. The molecule has 0 bridgehead atoms. The Morgan fingerprint density at radius 2 is 1.79 bits per heavy atom. The highest BCUT2D eigenvalue weighted by atomic mass is 32.2. The molecule has 2 aliphatic carbocycles. The lowest BCUT2D eigenvalue weighted by atomic mass is 10.1. The molecular weight excluding hydrogens is 326 g/mol. The molecule has 2 aromatic carbocycles. The van der Waals surface area contributed by atoms with Crippen LogP contribution < -0.4 is 14.2 Å². The van der Waals surface area contributed by atoms with Crippen LogP contribution in [-0.2, 0) is 16.4 Å². The number of ether oxygens (including phenoxy) is 2. The molecule has 1 N–H and O–H groups in total. The molecule has 6 heteroatoms. The summed E-state index contributed by atoms with van der Waals surface area (Å²) in [6, 6.07) is 13.1. The summed E-state index contributed by atoms with van der Waals surface area (Å²) < 4.78 is 39.2. The van der Waals surface area contributed by atoms with E-state index in [1.807, 2.05) is 12.1 Å². The van der Waals surface area contributed by atoms with Crippen LogP contribution in [0.3, 0.4) is 0 Å². The molecule has 3 atom stereocenters. The van der Waals surface area contributed by atoms with Crippen molar-refractivity contribution >= 4 is 10.0 Å². The molecule has 0 spiro atoms. The maximum absolute atomic E-state index is 12.7. The van der Waals surface area contributed by atoms with Crippen LogP contribution in [0, 0.1) is 5.92 Å². The first-order valence-electron chi connectivity index (χ1n) is 8.13. The minimum absolute atomic E-state index is 0.00176. The van der Waals surface area contributed by atoms with Crippen LogP contribution in [0.4, 0.5) is 0 Å². The van der Waals surface area contributed by atoms with Crippen LogP contribution in [0.15, 0.2) is 47.4 Å². The smallest absolute Gasteiger partial charge is 0.240 e. The minimum atomic E-state index is -3.56. The zero-order valence-electron chi connectivity index (χ0n) is 12.9. The summed E-state index contributed by atoms with van der Waals surface area (Å²) in [5.41, 5.74) is 2.64. The third-order valence-corrected chi connectivity index (χ3v) is 6.61. The molecule has 3 aliphatic rings. The number of hydrogen-bond donors (Lipinski definition) is 1. The lowest BCUT2D eigenvalue weighted by Crippen LogP contribution is -2.29. The average molecular weight is 343 g/mol. The number of rotatable bonds is 3. The first-order valence-corrected chi connectivity index (χ1v) is 9.61. The molecule has 0 amide bonds. The van der Waals surface area contributed by atoms with E-state index in [2.05, 4.69) is 16.9 Å². The molecule has 1 saturated carbocycles. The van der Waals surface area contributed by atoms with Gasteiger partial charge in [0.2, 0.25) is 10.0 Å². The van der Waals surface area contributed by atoms with Crippen molar-refractivity contribution in [2.75, 3.05) is 13.2 Å². The monoisotopic (exact) mass is 343 g/mol. The van der Waals surface area contributed by atoms with Crippen molar-refractivity contribution in [3.8, 4) is 11.5 Å². The normalized spacial score (nSPS) is 26.6. The number of hydrogen-bond acceptors (Lipinski definition) is 4. The SMILES string of the molecule is O=S(=O)(N[C@@H]1[C@@H]2Cc3ccccc3[C@@H]21)c1ccc2c(c1)OCCO2. The van der Waals surface area contributed by atoms with E-state index in [4.69, 9.17) is 9.47 Å². The molecule has 0 unspecified atom stereocenters. The summed E-state index contributed by atoms with van der Waals surface area (Å²) >= 11 is 0. The van der Waals surface area contributed by atoms with Gasteiger partial charge in [-0.15, -0.1) is 0 Å². The van der Waals surface area contributed by atoms with Crippen LogP contribution in [0.2, 0.25) is 0 Å². The maximum Gasteiger partial charge on any atom is 0.240 e. The first-order chi connectivity index (χ1) is 11.6. The highest BCUT2D eigenvalue weighted by Crippen LogP contribution is 2.56. The number of sulfonamides is 1. The molecule has 1 heterocycles. The van der Waals surface area contributed by atoms with Crippen LogP contribution in [0.5, 0.6) is 11.5 Å². The molecular formula is C18H17NO4S. The van der Waals surface area contributed by atoms with E-state index in [0.717, 1.165) is 6.42 Å². The van der Waals surface area contributed by atoms with Gasteiger partial charge in [-0.25, -0.2) is 13.1 Å². The molecule has 24 heavy (non-hydrogen) atoms. The highest BCUT2D eigenvalue weighted by molar-refractivity contribution is 7.89. The Bertz CT molecular complexity index is 924. The van der Waals surface area contributed by atoms with E-state index in [1.54, 1.807) is 18.2 Å². The fourth-order valence-electron chi connectivity index (χ4n) is 3.95. The Morgan fingerprint density at radius 1 is 1.00 bits per heavy atom. The summed E-state index contributed by atoms with van der Waals surface area (Å²) in [6.45, 7) is 0.926. The second-order valence-corrected chi connectivity index (χ2v) is 8.26. The topological polar surface area (TPSA) is 64.6 Å². The fourth-order valence-corrected chi connectivity index (χ4v) is 5.28. The second kappa shape index (κ2) is 4.97. The Kier molecular flexibility index (Phi) is 2.96. The van der Waals surface area contributed by atoms with E-state index < -0.39 is 10.0 Å². The molecule has 1 aliphatic heterocycles. The van der Waals surface area contributed by atoms with E-state index in [1.165, 1.54) is 11.1 Å². The quantitative estimate of drug-likeness (QED) is 0.927. The lowest BCUT2D eigenvalue weighted by Gasteiger charge is -2.19. The average Bonchev–Trinajstić information content (AvgIpc) is 3.10. The van der Waals surface area contributed by atoms with Crippen LogP contribution in [-0.4, -0.2) is 27.7 Å². The Labute approximate surface area is 140 Å². The molecule has 0 radical (unpaired) electrons. The second-order valence-electron chi connectivity index (χ2n) is 6.55. The van der Waals surface area contributed by atoms with Gasteiger partial charge in [0, 0.05) is 18.0 Å². The predicted octanol–water partition coefficient (Wildman–Crippen LogP) is 2.07. The van der Waals surface area contributed by atoms with Crippen LogP contribution in [0.1, 0.15) is 17.0 Å². The Balaban J connectivity index is 1.39. The molecule has 5 nitrogen and oxygen atoms in total. The molecule has 0 aromatic heterocycles. The minimum Gasteiger partial charge on any atom is -0.486 e. The maximum atomic E-state index is 12.7. The first kappa shape index (κ1) is 14.3. The van der Waals surface area contributed by atoms with Gasteiger partial charge in [0.05, 0.1) is 4.90 Å². The Morgan fingerprint density at radius 3 is 2.67 bits per heavy atom. The largest absolute Gasteiger partial charge is 0.486 e. The summed E-state index contributed by atoms with van der Waals surface area (Å²) in [4.78, 5) is 0.227. The van der Waals surface area contributed by atoms with Crippen LogP contribution in [0.25, 0.3) is 0 Å². The fraction of sp³-hybridized carbons (Fsp3) is 0.333. The van der Waals surface area contributed by atoms with Gasteiger partial charge in [0.1, 0.15) is 13.2 Å². The number of fused-ring (bicyclic) bond motifs is 4. The summed E-state index contributed by atoms with van der Waals surface area (Å²) in [5.74, 6) is 1.78. The van der Waals surface area contributed by atoms with Crippen molar-refractivity contribution in [2.45, 2.75) is 23.3 Å². The van der Waals surface area contributed by atoms with Crippen molar-refractivity contribution in [1.29, 1.82) is 0 Å². The van der Waals surface area contributed by atoms with Crippen molar-refractivity contribution in [3.63, 3.8) is 0 Å². The molecule has 5 rings (SSSR count).